The van der Waals surface area contributed by atoms with Crippen LogP contribution in [0.25, 0.3) is 5.82 Å². The first-order valence-corrected chi connectivity index (χ1v) is 11.4. The van der Waals surface area contributed by atoms with E-state index >= 15 is 0 Å². The summed E-state index contributed by atoms with van der Waals surface area (Å²) in [6.07, 6.45) is 5.28. The van der Waals surface area contributed by atoms with Crippen LogP contribution in [0.2, 0.25) is 10.0 Å². The van der Waals surface area contributed by atoms with Gasteiger partial charge in [-0.1, -0.05) is 47.5 Å². The molecule has 9 heteroatoms. The van der Waals surface area contributed by atoms with Gasteiger partial charge in [0.2, 0.25) is 5.95 Å². The third-order valence-electron chi connectivity index (χ3n) is 4.91. The lowest BCUT2D eigenvalue weighted by atomic mass is 10.2. The number of anilines is 2. The molecule has 3 N–H and O–H groups in total. The normalized spacial score (nSPS) is 11.8. The number of aromatic nitrogens is 4. The number of hydrogen-bond donors (Lipinski definition) is 3. The molecule has 0 bridgehead atoms. The molecule has 4 aromatic rings. The molecule has 2 heterocycles. The van der Waals surface area contributed by atoms with E-state index in [1.807, 2.05) is 65.4 Å². The molecule has 0 aliphatic rings. The van der Waals surface area contributed by atoms with Crippen LogP contribution in [0, 0.1) is 0 Å². The standard InChI is InChI=1S/C24H25Cl2N7/c1-17(13-28-14-18-5-7-20(25)8-6-18)30-22-12-23(33-10-9-27-16-33)32-24(31-22)29-15-19-3-2-4-21(26)11-19/h2-12,16-17,28H,13-15H2,1H3,(H2,29,30,31,32)/t17-/m1/s1. The van der Waals surface area contributed by atoms with Crippen molar-refractivity contribution in [3.8, 4) is 5.82 Å². The lowest BCUT2D eigenvalue weighted by molar-refractivity contribution is 0.630. The molecule has 0 aliphatic carbocycles. The maximum Gasteiger partial charge on any atom is 0.226 e. The van der Waals surface area contributed by atoms with E-state index in [9.17, 15) is 0 Å². The van der Waals surface area contributed by atoms with E-state index in [2.05, 4.69) is 37.8 Å². The molecule has 4 rings (SSSR count). The van der Waals surface area contributed by atoms with Crippen molar-refractivity contribution in [2.75, 3.05) is 17.2 Å². The average Bonchev–Trinajstić information content (AvgIpc) is 3.34. The van der Waals surface area contributed by atoms with Gasteiger partial charge in [0, 0.05) is 54.2 Å². The van der Waals surface area contributed by atoms with E-state index in [-0.39, 0.29) is 6.04 Å². The van der Waals surface area contributed by atoms with Gasteiger partial charge in [0.25, 0.3) is 0 Å². The van der Waals surface area contributed by atoms with E-state index < -0.39 is 0 Å². The van der Waals surface area contributed by atoms with Gasteiger partial charge in [-0.3, -0.25) is 4.57 Å². The molecule has 0 amide bonds. The average molecular weight is 482 g/mol. The third kappa shape index (κ3) is 6.92. The molecule has 0 saturated carbocycles. The van der Waals surface area contributed by atoms with Crippen LogP contribution in [0.5, 0.6) is 0 Å². The van der Waals surface area contributed by atoms with Crippen LogP contribution in [0.15, 0.2) is 73.3 Å². The van der Waals surface area contributed by atoms with Crippen LogP contribution in [-0.4, -0.2) is 32.1 Å². The zero-order valence-electron chi connectivity index (χ0n) is 18.2. The Balaban J connectivity index is 1.41. The Kier molecular flexibility index (Phi) is 7.78. The molecular formula is C24H25Cl2N7. The Morgan fingerprint density at radius 2 is 1.79 bits per heavy atom. The van der Waals surface area contributed by atoms with Crippen LogP contribution in [0.3, 0.4) is 0 Å². The lowest BCUT2D eigenvalue weighted by Crippen LogP contribution is -2.30. The molecule has 2 aromatic heterocycles. The van der Waals surface area contributed by atoms with Crippen LogP contribution >= 0.6 is 23.2 Å². The highest BCUT2D eigenvalue weighted by atomic mass is 35.5. The first-order valence-electron chi connectivity index (χ1n) is 10.6. The summed E-state index contributed by atoms with van der Waals surface area (Å²) in [7, 11) is 0. The fourth-order valence-corrected chi connectivity index (χ4v) is 3.62. The molecule has 1 atom stereocenters. The number of imidazole rings is 1. The fraction of sp³-hybridized carbons (Fsp3) is 0.208. The summed E-state index contributed by atoms with van der Waals surface area (Å²) in [6, 6.07) is 17.6. The van der Waals surface area contributed by atoms with E-state index in [0.29, 0.717) is 17.5 Å². The van der Waals surface area contributed by atoms with Crippen molar-refractivity contribution in [3.05, 3.63) is 94.5 Å². The van der Waals surface area contributed by atoms with Crippen molar-refractivity contribution in [1.29, 1.82) is 0 Å². The number of rotatable bonds is 10. The Morgan fingerprint density at radius 1 is 0.939 bits per heavy atom. The maximum absolute atomic E-state index is 6.10. The summed E-state index contributed by atoms with van der Waals surface area (Å²) in [5.74, 6) is 1.97. The number of nitrogens with one attached hydrogen (secondary N) is 3. The van der Waals surface area contributed by atoms with Gasteiger partial charge in [-0.2, -0.15) is 9.97 Å². The highest BCUT2D eigenvalue weighted by Gasteiger charge is 2.09. The largest absolute Gasteiger partial charge is 0.366 e. The molecular weight excluding hydrogens is 457 g/mol. The molecule has 7 nitrogen and oxygen atoms in total. The number of benzene rings is 2. The maximum atomic E-state index is 6.10. The molecule has 0 saturated heterocycles. The van der Waals surface area contributed by atoms with Crippen molar-refractivity contribution >= 4 is 35.0 Å². The Labute approximate surface area is 203 Å². The van der Waals surface area contributed by atoms with Crippen molar-refractivity contribution in [2.45, 2.75) is 26.1 Å². The van der Waals surface area contributed by atoms with E-state index in [1.165, 1.54) is 5.56 Å². The van der Waals surface area contributed by atoms with Gasteiger partial charge in [-0.05, 0) is 42.3 Å². The van der Waals surface area contributed by atoms with Gasteiger partial charge in [0.05, 0.1) is 0 Å². The first kappa shape index (κ1) is 23.0. The Morgan fingerprint density at radius 3 is 2.55 bits per heavy atom. The van der Waals surface area contributed by atoms with Gasteiger partial charge in [0.15, 0.2) is 0 Å². The Bertz CT molecular complexity index is 1160. The van der Waals surface area contributed by atoms with Gasteiger partial charge < -0.3 is 16.0 Å². The first-order chi connectivity index (χ1) is 16.0. The summed E-state index contributed by atoms with van der Waals surface area (Å²) in [6.45, 7) is 4.19. The lowest BCUT2D eigenvalue weighted by Gasteiger charge is -2.17. The van der Waals surface area contributed by atoms with Gasteiger partial charge >= 0.3 is 0 Å². The second kappa shape index (κ2) is 11.1. The summed E-state index contributed by atoms with van der Waals surface area (Å²) in [4.78, 5) is 13.4. The minimum Gasteiger partial charge on any atom is -0.366 e. The SMILES string of the molecule is C[C@H](CNCc1ccc(Cl)cc1)Nc1cc(-n2ccnc2)nc(NCc2cccc(Cl)c2)n1. The van der Waals surface area contributed by atoms with Crippen molar-refractivity contribution < 1.29 is 0 Å². The smallest absolute Gasteiger partial charge is 0.226 e. The van der Waals surface area contributed by atoms with E-state index in [4.69, 9.17) is 23.2 Å². The highest BCUT2D eigenvalue weighted by molar-refractivity contribution is 6.30. The highest BCUT2D eigenvalue weighted by Crippen LogP contribution is 2.17. The molecule has 33 heavy (non-hydrogen) atoms. The fourth-order valence-electron chi connectivity index (χ4n) is 3.28. The summed E-state index contributed by atoms with van der Waals surface area (Å²) >= 11 is 12.1. The monoisotopic (exact) mass is 481 g/mol. The van der Waals surface area contributed by atoms with E-state index in [1.54, 1.807) is 12.5 Å². The second-order valence-corrected chi connectivity index (χ2v) is 8.56. The van der Waals surface area contributed by atoms with Gasteiger partial charge in [0.1, 0.15) is 18.0 Å². The topological polar surface area (TPSA) is 79.7 Å². The van der Waals surface area contributed by atoms with Crippen LogP contribution in [0.4, 0.5) is 11.8 Å². The number of halogens is 2. The molecule has 0 fully saturated rings. The zero-order chi connectivity index (χ0) is 23.0. The van der Waals surface area contributed by atoms with Crippen LogP contribution < -0.4 is 16.0 Å². The van der Waals surface area contributed by atoms with Gasteiger partial charge in [-0.15, -0.1) is 0 Å². The number of hydrogen-bond acceptors (Lipinski definition) is 6. The number of nitrogens with zero attached hydrogens (tertiary/aromatic N) is 4. The van der Waals surface area contributed by atoms with Crippen molar-refractivity contribution in [2.24, 2.45) is 0 Å². The predicted molar refractivity (Wildman–Crippen MR) is 134 cm³/mol. The molecule has 0 spiro atoms. The quantitative estimate of drug-likeness (QED) is 0.289. The van der Waals surface area contributed by atoms with Crippen LogP contribution in [0.1, 0.15) is 18.1 Å². The van der Waals surface area contributed by atoms with E-state index in [0.717, 1.165) is 35.3 Å². The summed E-state index contributed by atoms with van der Waals surface area (Å²) in [5.41, 5.74) is 2.23. The van der Waals surface area contributed by atoms with Crippen molar-refractivity contribution in [3.63, 3.8) is 0 Å². The summed E-state index contributed by atoms with van der Waals surface area (Å²) in [5, 5.41) is 11.6. The van der Waals surface area contributed by atoms with Gasteiger partial charge in [-0.25, -0.2) is 4.98 Å². The third-order valence-corrected chi connectivity index (χ3v) is 5.40. The zero-order valence-corrected chi connectivity index (χ0v) is 19.7. The molecule has 0 radical (unpaired) electrons. The molecule has 170 valence electrons. The van der Waals surface area contributed by atoms with Crippen molar-refractivity contribution in [1.82, 2.24) is 24.8 Å². The summed E-state index contributed by atoms with van der Waals surface area (Å²) < 4.78 is 1.85. The minimum absolute atomic E-state index is 0.142. The Hall–Kier alpha value is -3.13. The molecule has 0 unspecified atom stereocenters. The molecule has 0 aliphatic heterocycles. The minimum atomic E-state index is 0.142. The predicted octanol–water partition coefficient (Wildman–Crippen LogP) is 5.17. The second-order valence-electron chi connectivity index (χ2n) is 7.69. The molecule has 2 aromatic carbocycles. The van der Waals surface area contributed by atoms with Crippen LogP contribution in [-0.2, 0) is 13.1 Å².